The van der Waals surface area contributed by atoms with Gasteiger partial charge in [-0.2, -0.15) is 0 Å². The molecule has 3 rings (SSSR count). The van der Waals surface area contributed by atoms with E-state index in [1.807, 2.05) is 18.4 Å². The lowest BCUT2D eigenvalue weighted by molar-refractivity contribution is -0.113. The van der Waals surface area contributed by atoms with E-state index in [0.717, 1.165) is 17.8 Å². The zero-order valence-corrected chi connectivity index (χ0v) is 17.5. The number of thioether (sulfide) groups is 1. The van der Waals surface area contributed by atoms with E-state index in [1.165, 1.54) is 29.2 Å². The molecule has 0 saturated heterocycles. The SMILES string of the molecule is CCCc1nnc(NC(=O)CSc2nnc(-c3ccccc3F)n2C(C)C)s1. The first-order valence-electron chi connectivity index (χ1n) is 8.94. The maximum absolute atomic E-state index is 14.2. The van der Waals surface area contributed by atoms with Gasteiger partial charge in [0.15, 0.2) is 11.0 Å². The van der Waals surface area contributed by atoms with E-state index in [-0.39, 0.29) is 23.5 Å². The number of carbonyl (C=O) groups excluding carboxylic acids is 1. The average molecular weight is 421 g/mol. The highest BCUT2D eigenvalue weighted by Gasteiger charge is 2.20. The highest BCUT2D eigenvalue weighted by molar-refractivity contribution is 7.99. The van der Waals surface area contributed by atoms with E-state index in [2.05, 4.69) is 32.6 Å². The summed E-state index contributed by atoms with van der Waals surface area (Å²) in [5.74, 6) is 0.0368. The summed E-state index contributed by atoms with van der Waals surface area (Å²) in [5.41, 5.74) is 0.386. The fourth-order valence-corrected chi connectivity index (χ4v) is 4.30. The minimum atomic E-state index is -0.356. The van der Waals surface area contributed by atoms with Crippen LogP contribution in [0.1, 0.15) is 38.2 Å². The van der Waals surface area contributed by atoms with Crippen LogP contribution in [-0.2, 0) is 11.2 Å². The maximum Gasteiger partial charge on any atom is 0.236 e. The van der Waals surface area contributed by atoms with Crippen LogP contribution in [0.3, 0.4) is 0 Å². The van der Waals surface area contributed by atoms with Gasteiger partial charge in [-0.3, -0.25) is 14.7 Å². The number of hydrogen-bond acceptors (Lipinski definition) is 7. The smallest absolute Gasteiger partial charge is 0.236 e. The minimum absolute atomic E-state index is 0.00920. The van der Waals surface area contributed by atoms with Crippen LogP contribution in [0.25, 0.3) is 11.4 Å². The van der Waals surface area contributed by atoms with E-state index in [0.29, 0.717) is 21.7 Å². The van der Waals surface area contributed by atoms with Gasteiger partial charge in [0.05, 0.1) is 11.3 Å². The minimum Gasteiger partial charge on any atom is -0.300 e. The summed E-state index contributed by atoms with van der Waals surface area (Å²) in [5, 5.41) is 21.1. The molecular weight excluding hydrogens is 399 g/mol. The Morgan fingerprint density at radius 1 is 1.25 bits per heavy atom. The van der Waals surface area contributed by atoms with Crippen LogP contribution >= 0.6 is 23.1 Å². The molecule has 1 aromatic carbocycles. The molecule has 0 radical (unpaired) electrons. The van der Waals surface area contributed by atoms with Gasteiger partial charge in [-0.1, -0.05) is 42.2 Å². The second-order valence-corrected chi connectivity index (χ2v) is 8.34. The van der Waals surface area contributed by atoms with Crippen LogP contribution in [-0.4, -0.2) is 36.6 Å². The van der Waals surface area contributed by atoms with Crippen molar-refractivity contribution in [3.63, 3.8) is 0 Å². The Morgan fingerprint density at radius 3 is 2.75 bits per heavy atom. The van der Waals surface area contributed by atoms with Gasteiger partial charge in [-0.15, -0.1) is 20.4 Å². The molecule has 1 amide bonds. The summed E-state index contributed by atoms with van der Waals surface area (Å²) >= 11 is 2.63. The van der Waals surface area contributed by atoms with Crippen molar-refractivity contribution in [3.05, 3.63) is 35.1 Å². The molecule has 0 atom stereocenters. The highest BCUT2D eigenvalue weighted by atomic mass is 32.2. The van der Waals surface area contributed by atoms with Gasteiger partial charge in [-0.25, -0.2) is 4.39 Å². The van der Waals surface area contributed by atoms with Crippen molar-refractivity contribution < 1.29 is 9.18 Å². The molecular formula is C18H21FN6OS2. The third-order valence-corrected chi connectivity index (χ3v) is 5.65. The molecule has 2 aromatic heterocycles. The van der Waals surface area contributed by atoms with Gasteiger partial charge < -0.3 is 0 Å². The van der Waals surface area contributed by atoms with Gasteiger partial charge in [0.25, 0.3) is 0 Å². The normalized spacial score (nSPS) is 11.2. The zero-order valence-electron chi connectivity index (χ0n) is 15.8. The number of benzene rings is 1. The second-order valence-electron chi connectivity index (χ2n) is 6.34. The summed E-state index contributed by atoms with van der Waals surface area (Å²) in [7, 11) is 0. The van der Waals surface area contributed by atoms with Crippen molar-refractivity contribution >= 4 is 34.1 Å². The van der Waals surface area contributed by atoms with Crippen molar-refractivity contribution in [3.8, 4) is 11.4 Å². The van der Waals surface area contributed by atoms with Crippen LogP contribution in [0.4, 0.5) is 9.52 Å². The van der Waals surface area contributed by atoms with Gasteiger partial charge in [0.1, 0.15) is 10.8 Å². The molecule has 0 aliphatic carbocycles. The molecule has 7 nitrogen and oxygen atoms in total. The first-order chi connectivity index (χ1) is 13.5. The summed E-state index contributed by atoms with van der Waals surface area (Å²) in [4.78, 5) is 12.3. The first-order valence-corrected chi connectivity index (χ1v) is 10.7. The number of rotatable bonds is 8. The molecule has 0 saturated carbocycles. The van der Waals surface area contributed by atoms with Crippen molar-refractivity contribution in [2.24, 2.45) is 0 Å². The molecule has 2 heterocycles. The topological polar surface area (TPSA) is 85.6 Å². The Hall–Kier alpha value is -2.33. The average Bonchev–Trinajstić information content (AvgIpc) is 3.27. The molecule has 0 aliphatic heterocycles. The monoisotopic (exact) mass is 420 g/mol. The molecule has 0 aliphatic rings. The highest BCUT2D eigenvalue weighted by Crippen LogP contribution is 2.29. The summed E-state index contributed by atoms with van der Waals surface area (Å²) in [6.07, 6.45) is 1.83. The fourth-order valence-electron chi connectivity index (χ4n) is 2.57. The predicted octanol–water partition coefficient (Wildman–Crippen LogP) is 4.20. The molecule has 0 fully saturated rings. The van der Waals surface area contributed by atoms with Gasteiger partial charge in [0.2, 0.25) is 11.0 Å². The molecule has 0 spiro atoms. The lowest BCUT2D eigenvalue weighted by Crippen LogP contribution is -2.15. The summed E-state index contributed by atoms with van der Waals surface area (Å²) in [6.45, 7) is 6.00. The fraction of sp³-hybridized carbons (Fsp3) is 0.389. The van der Waals surface area contributed by atoms with E-state index in [1.54, 1.807) is 18.2 Å². The maximum atomic E-state index is 14.2. The largest absolute Gasteiger partial charge is 0.300 e. The summed E-state index contributed by atoms with van der Waals surface area (Å²) < 4.78 is 16.0. The Bertz CT molecular complexity index is 955. The van der Waals surface area contributed by atoms with Crippen molar-refractivity contribution in [2.45, 2.75) is 44.8 Å². The van der Waals surface area contributed by atoms with Crippen molar-refractivity contribution in [1.82, 2.24) is 25.0 Å². The lowest BCUT2D eigenvalue weighted by Gasteiger charge is -2.14. The third-order valence-electron chi connectivity index (χ3n) is 3.81. The first kappa shape index (κ1) is 20.4. The molecule has 28 heavy (non-hydrogen) atoms. The second kappa shape index (κ2) is 9.24. The van der Waals surface area contributed by atoms with Gasteiger partial charge in [0, 0.05) is 12.5 Å². The number of carbonyl (C=O) groups is 1. The number of hydrogen-bond donors (Lipinski definition) is 1. The van der Waals surface area contributed by atoms with Crippen LogP contribution in [0.15, 0.2) is 29.4 Å². The van der Waals surface area contributed by atoms with E-state index in [9.17, 15) is 9.18 Å². The zero-order chi connectivity index (χ0) is 20.1. The lowest BCUT2D eigenvalue weighted by atomic mass is 10.2. The Balaban J connectivity index is 1.70. The predicted molar refractivity (Wildman–Crippen MR) is 109 cm³/mol. The van der Waals surface area contributed by atoms with E-state index >= 15 is 0 Å². The number of amides is 1. The number of nitrogens with one attached hydrogen (secondary N) is 1. The Kier molecular flexibility index (Phi) is 6.74. The number of anilines is 1. The number of aryl methyl sites for hydroxylation is 1. The molecule has 0 bridgehead atoms. The van der Waals surface area contributed by atoms with Crippen LogP contribution < -0.4 is 5.32 Å². The van der Waals surface area contributed by atoms with Gasteiger partial charge in [-0.05, 0) is 32.4 Å². The number of nitrogens with zero attached hydrogens (tertiary/aromatic N) is 5. The Morgan fingerprint density at radius 2 is 2.04 bits per heavy atom. The van der Waals surface area contributed by atoms with E-state index in [4.69, 9.17) is 0 Å². The number of halogens is 1. The van der Waals surface area contributed by atoms with Crippen molar-refractivity contribution in [2.75, 3.05) is 11.1 Å². The molecule has 3 aromatic rings. The molecule has 148 valence electrons. The Labute approximate surface area is 170 Å². The standard InChI is InChI=1S/C18H21FN6OS2/c1-4-7-15-21-23-17(28-15)20-14(26)10-27-18-24-22-16(25(18)11(2)3)12-8-5-6-9-13(12)19/h5-6,8-9,11H,4,7,10H2,1-3H3,(H,20,23,26). The van der Waals surface area contributed by atoms with Gasteiger partial charge >= 0.3 is 0 Å². The van der Waals surface area contributed by atoms with Crippen LogP contribution in [0.5, 0.6) is 0 Å². The van der Waals surface area contributed by atoms with Crippen LogP contribution in [0, 0.1) is 5.82 Å². The molecule has 0 unspecified atom stereocenters. The third kappa shape index (κ3) is 4.74. The molecule has 10 heteroatoms. The quantitative estimate of drug-likeness (QED) is 0.550. The molecule has 1 N–H and O–H groups in total. The summed E-state index contributed by atoms with van der Waals surface area (Å²) in [6, 6.07) is 6.46. The van der Waals surface area contributed by atoms with E-state index < -0.39 is 0 Å². The van der Waals surface area contributed by atoms with Crippen molar-refractivity contribution in [1.29, 1.82) is 0 Å². The number of aromatic nitrogens is 5. The van der Waals surface area contributed by atoms with Crippen LogP contribution in [0.2, 0.25) is 0 Å².